The van der Waals surface area contributed by atoms with E-state index in [1.54, 1.807) is 48.5 Å². The van der Waals surface area contributed by atoms with Crippen LogP contribution in [0.2, 0.25) is 0 Å². The van der Waals surface area contributed by atoms with E-state index in [-0.39, 0.29) is 0 Å². The topological polar surface area (TPSA) is 37.4 Å². The van der Waals surface area contributed by atoms with Crippen LogP contribution in [0.15, 0.2) is 72.8 Å². The van der Waals surface area contributed by atoms with Crippen LogP contribution in [0.25, 0.3) is 0 Å². The number of alkyl halides is 5. The summed E-state index contributed by atoms with van der Waals surface area (Å²) in [6, 6.07) is 18.6. The summed E-state index contributed by atoms with van der Waals surface area (Å²) in [5.74, 6) is -3.89. The second-order valence-electron chi connectivity index (χ2n) is 8.50. The lowest BCUT2D eigenvalue weighted by Gasteiger charge is -2.54. The Morgan fingerprint density at radius 1 is 0.667 bits per heavy atom. The first-order chi connectivity index (χ1) is 15.6. The largest absolute Gasteiger partial charge is 0.418 e. The second kappa shape index (κ2) is 6.39. The molecule has 0 spiro atoms. The fourth-order valence-electron chi connectivity index (χ4n) is 5.81. The van der Waals surface area contributed by atoms with E-state index in [0.29, 0.717) is 27.2 Å². The van der Waals surface area contributed by atoms with Crippen LogP contribution < -0.4 is 4.90 Å². The van der Waals surface area contributed by atoms with Crippen molar-refractivity contribution in [1.82, 2.24) is 0 Å². The molecule has 1 fully saturated rings. The van der Waals surface area contributed by atoms with Gasteiger partial charge in [0.25, 0.3) is 0 Å². The van der Waals surface area contributed by atoms with Gasteiger partial charge in [0.1, 0.15) is 9.75 Å². The second-order valence-corrected chi connectivity index (χ2v) is 9.69. The van der Waals surface area contributed by atoms with Crippen LogP contribution in [-0.2, 0) is 25.5 Å². The molecule has 1 heterocycles. The summed E-state index contributed by atoms with van der Waals surface area (Å²) >= 11 is 14.6. The van der Waals surface area contributed by atoms with Crippen LogP contribution in [-0.4, -0.2) is 11.8 Å². The highest BCUT2D eigenvalue weighted by molar-refractivity contribution is 6.38. The van der Waals surface area contributed by atoms with Crippen LogP contribution in [0.3, 0.4) is 0 Å². The average Bonchev–Trinajstić information content (AvgIpc) is 3.08. The predicted octanol–water partition coefficient (Wildman–Crippen LogP) is 5.80. The van der Waals surface area contributed by atoms with Gasteiger partial charge in [-0.25, -0.2) is 4.90 Å². The summed E-state index contributed by atoms with van der Waals surface area (Å²) in [6.45, 7) is 0. The molecule has 1 aliphatic heterocycles. The van der Waals surface area contributed by atoms with Crippen molar-refractivity contribution in [2.75, 3.05) is 4.90 Å². The van der Waals surface area contributed by atoms with Crippen molar-refractivity contribution in [2.45, 2.75) is 15.9 Å². The van der Waals surface area contributed by atoms with Gasteiger partial charge in [0.2, 0.25) is 11.8 Å². The number of anilines is 1. The SMILES string of the molecule is O=C1[C@H]2[C@H](C(=O)N1c1ccccc1C(F)(F)F)C1(Cl)c3ccccc3C2(Cl)c2ccccc21. The smallest absolute Gasteiger partial charge is 0.274 e. The monoisotopic (exact) mass is 487 g/mol. The van der Waals surface area contributed by atoms with Gasteiger partial charge in [-0.1, -0.05) is 60.7 Å². The van der Waals surface area contributed by atoms with Crippen molar-refractivity contribution >= 4 is 40.7 Å². The number of imide groups is 1. The molecule has 0 saturated carbocycles. The molecule has 2 bridgehead atoms. The first-order valence-electron chi connectivity index (χ1n) is 10.2. The molecule has 2 amide bonds. The van der Waals surface area contributed by atoms with Gasteiger partial charge in [-0.2, -0.15) is 13.2 Å². The molecule has 3 aromatic carbocycles. The summed E-state index contributed by atoms with van der Waals surface area (Å²) in [4.78, 5) is 25.3. The van der Waals surface area contributed by atoms with E-state index < -0.39 is 50.8 Å². The molecule has 33 heavy (non-hydrogen) atoms. The molecule has 2 atom stereocenters. The van der Waals surface area contributed by atoms with Crippen molar-refractivity contribution in [3.63, 3.8) is 0 Å². The lowest BCUT2D eigenvalue weighted by molar-refractivity contribution is -0.137. The predicted molar refractivity (Wildman–Crippen MR) is 117 cm³/mol. The molecule has 1 saturated heterocycles. The Bertz CT molecular complexity index is 1250. The number of carbonyl (C=O) groups excluding carboxylic acids is 2. The fraction of sp³-hybridized carbons (Fsp3) is 0.200. The third-order valence-electron chi connectivity index (χ3n) is 7.04. The number of carbonyl (C=O) groups is 2. The number of rotatable bonds is 1. The highest BCUT2D eigenvalue weighted by Crippen LogP contribution is 2.69. The third kappa shape index (κ3) is 2.33. The molecule has 7 rings (SSSR count). The molecule has 0 radical (unpaired) electrons. The standard InChI is InChI=1S/C25H14Cl2F3NO2/c26-23-13-7-1-2-8-14(13)24(27,16-10-4-3-9-15(16)23)20-19(23)21(32)31(22(20)33)18-12-6-5-11-17(18)25(28,29)30/h1-12,19-20H/t19-,20-,23?,24?/m1/s1. The lowest BCUT2D eigenvalue weighted by atomic mass is 9.54. The van der Waals surface area contributed by atoms with Gasteiger partial charge in [-0.3, -0.25) is 9.59 Å². The zero-order valence-corrected chi connectivity index (χ0v) is 18.2. The summed E-state index contributed by atoms with van der Waals surface area (Å²) in [5, 5.41) is 0. The maximum absolute atomic E-state index is 13.8. The van der Waals surface area contributed by atoms with Gasteiger partial charge in [0.15, 0.2) is 0 Å². The Morgan fingerprint density at radius 3 is 1.42 bits per heavy atom. The molecule has 0 aromatic heterocycles. The Labute approximate surface area is 196 Å². The number of hydrogen-bond donors (Lipinski definition) is 0. The Morgan fingerprint density at radius 2 is 1.03 bits per heavy atom. The molecule has 8 heteroatoms. The minimum Gasteiger partial charge on any atom is -0.274 e. The van der Waals surface area contributed by atoms with Crippen LogP contribution >= 0.6 is 23.2 Å². The van der Waals surface area contributed by atoms with Crippen LogP contribution in [0, 0.1) is 11.8 Å². The molecule has 166 valence electrons. The van der Waals surface area contributed by atoms with Gasteiger partial charge >= 0.3 is 6.18 Å². The molecule has 0 unspecified atom stereocenters. The zero-order chi connectivity index (χ0) is 23.3. The first kappa shape index (κ1) is 20.8. The number of halogens is 5. The minimum absolute atomic E-state index is 0.512. The van der Waals surface area contributed by atoms with Crippen LogP contribution in [0.5, 0.6) is 0 Å². The lowest BCUT2D eigenvalue weighted by Crippen LogP contribution is -2.57. The Hall–Kier alpha value is -2.83. The maximum Gasteiger partial charge on any atom is 0.418 e. The molecule has 3 aliphatic carbocycles. The molecular formula is C25H14Cl2F3NO2. The van der Waals surface area contributed by atoms with Gasteiger partial charge in [0.05, 0.1) is 23.1 Å². The van der Waals surface area contributed by atoms with Gasteiger partial charge in [-0.05, 0) is 34.4 Å². The van der Waals surface area contributed by atoms with Gasteiger partial charge in [-0.15, -0.1) is 23.2 Å². The van der Waals surface area contributed by atoms with Crippen molar-refractivity contribution in [3.8, 4) is 0 Å². The third-order valence-corrected chi connectivity index (χ3v) is 8.32. The maximum atomic E-state index is 13.8. The molecule has 3 nitrogen and oxygen atoms in total. The Balaban J connectivity index is 1.65. The number of amides is 2. The summed E-state index contributed by atoms with van der Waals surface area (Å²) in [6.07, 6.45) is -4.76. The van der Waals surface area contributed by atoms with E-state index in [2.05, 4.69) is 0 Å². The normalized spacial score (nSPS) is 29.7. The quantitative estimate of drug-likeness (QED) is 0.321. The number of hydrogen-bond acceptors (Lipinski definition) is 2. The molecule has 4 aliphatic rings. The van der Waals surface area contributed by atoms with E-state index in [9.17, 15) is 22.8 Å². The van der Waals surface area contributed by atoms with Crippen molar-refractivity contribution in [1.29, 1.82) is 0 Å². The van der Waals surface area contributed by atoms with E-state index >= 15 is 0 Å². The molecular weight excluding hydrogens is 474 g/mol. The summed E-state index contributed by atoms with van der Waals surface area (Å²) in [7, 11) is 0. The minimum atomic E-state index is -4.76. The van der Waals surface area contributed by atoms with Gasteiger partial charge in [0, 0.05) is 0 Å². The van der Waals surface area contributed by atoms with Crippen molar-refractivity contribution in [2.24, 2.45) is 11.8 Å². The fourth-order valence-corrected chi connectivity index (χ4v) is 6.91. The highest BCUT2D eigenvalue weighted by atomic mass is 35.5. The molecule has 3 aromatic rings. The number of benzene rings is 3. The zero-order valence-electron chi connectivity index (χ0n) is 16.7. The van der Waals surface area contributed by atoms with Crippen molar-refractivity contribution < 1.29 is 22.8 Å². The van der Waals surface area contributed by atoms with Gasteiger partial charge < -0.3 is 0 Å². The van der Waals surface area contributed by atoms with E-state index in [1.165, 1.54) is 12.1 Å². The van der Waals surface area contributed by atoms with E-state index in [1.807, 2.05) is 0 Å². The van der Waals surface area contributed by atoms with Crippen LogP contribution in [0.4, 0.5) is 18.9 Å². The molecule has 0 N–H and O–H groups in total. The van der Waals surface area contributed by atoms with E-state index in [0.717, 1.165) is 12.1 Å². The van der Waals surface area contributed by atoms with Crippen LogP contribution in [0.1, 0.15) is 27.8 Å². The summed E-state index contributed by atoms with van der Waals surface area (Å²) < 4.78 is 41.3. The average molecular weight is 488 g/mol. The Kier molecular flexibility index (Phi) is 4.02. The first-order valence-corrected chi connectivity index (χ1v) is 11.0. The number of para-hydroxylation sites is 1. The summed E-state index contributed by atoms with van der Waals surface area (Å²) in [5.41, 5.74) is 0.785. The van der Waals surface area contributed by atoms with E-state index in [4.69, 9.17) is 23.2 Å². The van der Waals surface area contributed by atoms with Crippen molar-refractivity contribution in [3.05, 3.63) is 101 Å². The number of nitrogens with zero attached hydrogens (tertiary/aromatic N) is 1. The highest BCUT2D eigenvalue weighted by Gasteiger charge is 2.73.